The zero-order valence-corrected chi connectivity index (χ0v) is 31.1. The van der Waals surface area contributed by atoms with Crippen LogP contribution in [0.1, 0.15) is 16.7 Å². The van der Waals surface area contributed by atoms with Gasteiger partial charge < -0.3 is 8.83 Å². The van der Waals surface area contributed by atoms with Crippen LogP contribution in [0.5, 0.6) is 0 Å². The predicted molar refractivity (Wildman–Crippen MR) is 241 cm³/mol. The lowest BCUT2D eigenvalue weighted by atomic mass is 9.86. The summed E-state index contributed by atoms with van der Waals surface area (Å²) >= 11 is 0. The van der Waals surface area contributed by atoms with Crippen LogP contribution in [0.25, 0.3) is 104 Å². The number of hydrogen-bond acceptors (Lipinski definition) is 2. The summed E-state index contributed by atoms with van der Waals surface area (Å²) in [4.78, 5) is 0. The molecule has 57 heavy (non-hydrogen) atoms. The lowest BCUT2D eigenvalue weighted by Crippen LogP contribution is -1.98. The van der Waals surface area contributed by atoms with E-state index >= 15 is 0 Å². The monoisotopic (exact) mass is 726 g/mol. The maximum Gasteiger partial charge on any atom is 0.139 e. The van der Waals surface area contributed by atoms with E-state index in [1.807, 2.05) is 0 Å². The summed E-state index contributed by atoms with van der Waals surface area (Å²) in [6.07, 6.45) is 11.6. The van der Waals surface area contributed by atoms with Gasteiger partial charge in [-0.15, -0.1) is 0 Å². The first-order valence-corrected chi connectivity index (χ1v) is 19.6. The molecule has 0 saturated carbocycles. The summed E-state index contributed by atoms with van der Waals surface area (Å²) in [5, 5.41) is 14.3. The molecule has 11 aromatic rings. The minimum atomic E-state index is 0.809. The molecule has 2 aromatic heterocycles. The van der Waals surface area contributed by atoms with Crippen molar-refractivity contribution in [2.45, 2.75) is 6.42 Å². The summed E-state index contributed by atoms with van der Waals surface area (Å²) in [5.41, 5.74) is 11.5. The molecule has 2 heterocycles. The minimum absolute atomic E-state index is 0.809. The molecule has 0 atom stereocenters. The molecular formula is C55H34O2. The number of benzene rings is 9. The van der Waals surface area contributed by atoms with E-state index in [1.165, 1.54) is 59.8 Å². The average molecular weight is 727 g/mol. The highest BCUT2D eigenvalue weighted by atomic mass is 16.3. The van der Waals surface area contributed by atoms with Gasteiger partial charge >= 0.3 is 0 Å². The third-order valence-electron chi connectivity index (χ3n) is 11.9. The van der Waals surface area contributed by atoms with Crippen molar-refractivity contribution in [1.29, 1.82) is 0 Å². The molecule has 12 rings (SSSR count). The lowest BCUT2D eigenvalue weighted by molar-refractivity contribution is 0.656. The van der Waals surface area contributed by atoms with Gasteiger partial charge in [0, 0.05) is 27.6 Å². The van der Waals surface area contributed by atoms with Gasteiger partial charge in [0.25, 0.3) is 0 Å². The second kappa shape index (κ2) is 12.3. The summed E-state index contributed by atoms with van der Waals surface area (Å²) in [6, 6.07) is 55.0. The van der Waals surface area contributed by atoms with E-state index in [-0.39, 0.29) is 0 Å². The van der Waals surface area contributed by atoms with Gasteiger partial charge in [0.1, 0.15) is 22.3 Å². The van der Waals surface area contributed by atoms with Crippen LogP contribution in [0.15, 0.2) is 203 Å². The van der Waals surface area contributed by atoms with Crippen molar-refractivity contribution in [1.82, 2.24) is 0 Å². The Morgan fingerprint density at radius 2 is 1.07 bits per heavy atom. The number of fused-ring (bicyclic) bond motifs is 14. The highest BCUT2D eigenvalue weighted by molar-refractivity contribution is 6.24. The number of rotatable bonds is 2. The molecule has 0 unspecified atom stereocenters. The van der Waals surface area contributed by atoms with Crippen LogP contribution in [0.4, 0.5) is 0 Å². The fourth-order valence-corrected chi connectivity index (χ4v) is 9.28. The zero-order valence-electron chi connectivity index (χ0n) is 31.1. The van der Waals surface area contributed by atoms with E-state index in [4.69, 9.17) is 8.83 Å². The summed E-state index contributed by atoms with van der Waals surface area (Å²) in [5.74, 6) is 0. The highest BCUT2D eigenvalue weighted by Crippen LogP contribution is 2.43. The largest absolute Gasteiger partial charge is 0.456 e. The first-order chi connectivity index (χ1) is 28.1. The SMILES string of the molecule is C=C1C=C(c2ccc3oc4cc5oc6ccc(-c7cc8ccccc8c8ccc9ccccc9c78)cc6c5cc4c3c2)c2c(ccc3ccccc23)C/C=C\C=C/1. The topological polar surface area (TPSA) is 26.3 Å². The Morgan fingerprint density at radius 1 is 0.439 bits per heavy atom. The Bertz CT molecular complexity index is 3620. The molecule has 0 aliphatic heterocycles. The second-order valence-electron chi connectivity index (χ2n) is 15.3. The lowest BCUT2D eigenvalue weighted by Gasteiger charge is -2.17. The van der Waals surface area contributed by atoms with Gasteiger partial charge in [0.05, 0.1) is 0 Å². The Hall–Kier alpha value is -7.42. The van der Waals surface area contributed by atoms with Crippen molar-refractivity contribution in [3.63, 3.8) is 0 Å². The van der Waals surface area contributed by atoms with E-state index in [0.717, 1.165) is 72.6 Å². The molecule has 0 saturated heterocycles. The van der Waals surface area contributed by atoms with E-state index < -0.39 is 0 Å². The van der Waals surface area contributed by atoms with Crippen molar-refractivity contribution in [2.24, 2.45) is 0 Å². The van der Waals surface area contributed by atoms with Crippen LogP contribution in [0.2, 0.25) is 0 Å². The van der Waals surface area contributed by atoms with Crippen molar-refractivity contribution >= 4 is 92.5 Å². The molecule has 0 amide bonds. The zero-order chi connectivity index (χ0) is 37.6. The predicted octanol–water partition coefficient (Wildman–Crippen LogP) is 15.4. The van der Waals surface area contributed by atoms with Crippen molar-refractivity contribution in [3.05, 3.63) is 211 Å². The fraction of sp³-hybridized carbons (Fsp3) is 0.0182. The van der Waals surface area contributed by atoms with Gasteiger partial charge in [-0.25, -0.2) is 0 Å². The normalized spacial score (nSPS) is 14.7. The fourth-order valence-electron chi connectivity index (χ4n) is 9.28. The molecule has 1 aliphatic rings. The standard InChI is InChI=1S/C55H34O2/c1-33-11-3-2-4-14-36-20-19-34-12-5-9-17-41(34)54(36)44(27-33)38-22-25-50-46(29-38)48-31-49-47-30-39(23-26-51(47)57-53(49)32-52(48)56-50)45-28-37-15-7-8-16-40(37)43-24-21-35-13-6-10-18-42(35)55(43)45/h2-13,15-32H,1,14H2/b4-2-,11-3-,44-27?. The third-order valence-corrected chi connectivity index (χ3v) is 11.9. The van der Waals surface area contributed by atoms with Crippen LogP contribution >= 0.6 is 0 Å². The molecule has 0 spiro atoms. The van der Waals surface area contributed by atoms with Gasteiger partial charge in [-0.3, -0.25) is 0 Å². The Kier molecular flexibility index (Phi) is 6.88. The Labute approximate surface area is 328 Å². The third kappa shape index (κ3) is 4.97. The van der Waals surface area contributed by atoms with E-state index in [1.54, 1.807) is 0 Å². The van der Waals surface area contributed by atoms with Crippen LogP contribution in [0.3, 0.4) is 0 Å². The van der Waals surface area contributed by atoms with Crippen LogP contribution in [0, 0.1) is 0 Å². The first-order valence-electron chi connectivity index (χ1n) is 19.6. The minimum Gasteiger partial charge on any atom is -0.456 e. The molecule has 266 valence electrons. The number of allylic oxidation sites excluding steroid dienone is 6. The molecule has 0 radical (unpaired) electrons. The van der Waals surface area contributed by atoms with E-state index in [0.29, 0.717) is 0 Å². The number of furan rings is 2. The van der Waals surface area contributed by atoms with E-state index in [2.05, 4.69) is 189 Å². The Balaban J connectivity index is 1.07. The maximum absolute atomic E-state index is 6.55. The van der Waals surface area contributed by atoms with Crippen molar-refractivity contribution in [3.8, 4) is 11.1 Å². The first kappa shape index (κ1) is 31.9. The molecule has 9 aromatic carbocycles. The highest BCUT2D eigenvalue weighted by Gasteiger charge is 2.19. The maximum atomic E-state index is 6.55. The molecule has 0 bridgehead atoms. The molecule has 2 nitrogen and oxygen atoms in total. The van der Waals surface area contributed by atoms with Gasteiger partial charge in [0.2, 0.25) is 0 Å². The van der Waals surface area contributed by atoms with Gasteiger partial charge in [-0.1, -0.05) is 140 Å². The summed E-state index contributed by atoms with van der Waals surface area (Å²) < 4.78 is 13.1. The molecule has 2 heteroatoms. The van der Waals surface area contributed by atoms with Gasteiger partial charge in [-0.05, 0) is 131 Å². The number of hydrogen-bond donors (Lipinski definition) is 0. The molecule has 0 N–H and O–H groups in total. The molecule has 0 fully saturated rings. The van der Waals surface area contributed by atoms with Crippen LogP contribution in [-0.4, -0.2) is 0 Å². The van der Waals surface area contributed by atoms with Crippen molar-refractivity contribution < 1.29 is 8.83 Å². The Morgan fingerprint density at radius 3 is 1.86 bits per heavy atom. The van der Waals surface area contributed by atoms with Gasteiger partial charge in [0.15, 0.2) is 0 Å². The molecule has 1 aliphatic carbocycles. The average Bonchev–Trinajstić information content (AvgIpc) is 3.80. The second-order valence-corrected chi connectivity index (χ2v) is 15.3. The summed E-state index contributed by atoms with van der Waals surface area (Å²) in [7, 11) is 0. The quantitative estimate of drug-likeness (QED) is 0.166. The van der Waals surface area contributed by atoms with Gasteiger partial charge in [-0.2, -0.15) is 0 Å². The smallest absolute Gasteiger partial charge is 0.139 e. The van der Waals surface area contributed by atoms with Crippen molar-refractivity contribution in [2.75, 3.05) is 0 Å². The van der Waals surface area contributed by atoms with Crippen LogP contribution < -0.4 is 0 Å². The molecular weight excluding hydrogens is 693 g/mol. The van der Waals surface area contributed by atoms with E-state index in [9.17, 15) is 0 Å². The van der Waals surface area contributed by atoms with Crippen LogP contribution in [-0.2, 0) is 6.42 Å². The summed E-state index contributed by atoms with van der Waals surface area (Å²) in [6.45, 7) is 4.43.